The highest BCUT2D eigenvalue weighted by atomic mass is 19.2. The first-order chi connectivity index (χ1) is 17.0. The van der Waals surface area contributed by atoms with Crippen LogP contribution in [0, 0.1) is 17.5 Å². The number of halogens is 3. The predicted octanol–water partition coefficient (Wildman–Crippen LogP) is 6.05. The maximum Gasteiger partial charge on any atom is 0.339 e. The molecule has 2 N–H and O–H groups in total. The molecular formula is C27H24F3NO5. The minimum atomic E-state index is -1.19. The van der Waals surface area contributed by atoms with Gasteiger partial charge in [0.2, 0.25) is 0 Å². The van der Waals surface area contributed by atoms with Gasteiger partial charge in [-0.05, 0) is 35.9 Å². The number of phenolic OH excluding ortho intramolecular Hbond substituents is 1. The van der Waals surface area contributed by atoms with Crippen molar-refractivity contribution in [3.63, 3.8) is 0 Å². The zero-order valence-corrected chi connectivity index (χ0v) is 20.0. The molecule has 0 fully saturated rings. The summed E-state index contributed by atoms with van der Waals surface area (Å²) in [6, 6.07) is 9.87. The van der Waals surface area contributed by atoms with Crippen LogP contribution in [0.15, 0.2) is 48.5 Å². The Hall–Kier alpha value is -3.98. The van der Waals surface area contributed by atoms with Gasteiger partial charge in [0.05, 0.1) is 24.6 Å². The Labute approximate surface area is 205 Å². The van der Waals surface area contributed by atoms with E-state index in [1.54, 1.807) is 10.6 Å². The molecule has 0 atom stereocenters. The average Bonchev–Trinajstić information content (AvgIpc) is 3.16. The molecule has 0 aliphatic rings. The number of rotatable bonds is 7. The van der Waals surface area contributed by atoms with Crippen LogP contribution in [0.4, 0.5) is 13.2 Å². The van der Waals surface area contributed by atoms with Crippen LogP contribution in [0.25, 0.3) is 27.7 Å². The monoisotopic (exact) mass is 499 g/mol. The quantitative estimate of drug-likeness (QED) is 0.324. The van der Waals surface area contributed by atoms with E-state index in [9.17, 15) is 28.2 Å². The molecule has 0 unspecified atom stereocenters. The molecule has 188 valence electrons. The number of phenols is 1. The van der Waals surface area contributed by atoms with Crippen LogP contribution in [0.2, 0.25) is 0 Å². The van der Waals surface area contributed by atoms with E-state index in [1.165, 1.54) is 38.5 Å². The van der Waals surface area contributed by atoms with Crippen molar-refractivity contribution >= 4 is 16.9 Å². The third kappa shape index (κ3) is 4.15. The topological polar surface area (TPSA) is 80.9 Å². The number of aromatic nitrogens is 1. The van der Waals surface area contributed by atoms with E-state index in [4.69, 9.17) is 9.47 Å². The van der Waals surface area contributed by atoms with Crippen LogP contribution < -0.4 is 4.74 Å². The number of carboxylic acid groups (broad SMARTS) is 1. The standard InChI is InChI=1S/C27H24F3NO5/c1-27(2,13-35-3)25-23(14-5-7-17(26(33)34)22(9-14)36-4)24-20(10-15(28)11-21(24)32)31(25)16-6-8-18(29)19(30)12-16/h5-12,32H,13H2,1-4H3,(H,33,34). The van der Waals surface area contributed by atoms with Crippen molar-refractivity contribution in [3.8, 4) is 28.3 Å². The zero-order chi connectivity index (χ0) is 26.4. The molecule has 1 heterocycles. The van der Waals surface area contributed by atoms with Crippen molar-refractivity contribution in [1.29, 1.82) is 0 Å². The summed E-state index contributed by atoms with van der Waals surface area (Å²) >= 11 is 0. The summed E-state index contributed by atoms with van der Waals surface area (Å²) in [4.78, 5) is 11.6. The van der Waals surface area contributed by atoms with Crippen LogP contribution in [-0.4, -0.2) is 41.6 Å². The summed E-state index contributed by atoms with van der Waals surface area (Å²) in [5, 5.41) is 20.7. The molecule has 3 aromatic carbocycles. The fourth-order valence-electron chi connectivity index (χ4n) is 4.63. The van der Waals surface area contributed by atoms with Gasteiger partial charge in [-0.25, -0.2) is 18.0 Å². The molecule has 36 heavy (non-hydrogen) atoms. The SMILES string of the molecule is COCC(C)(C)c1c(-c2ccc(C(=O)O)c(OC)c2)c2c(O)cc(F)cc2n1-c1ccc(F)c(F)c1. The lowest BCUT2D eigenvalue weighted by Gasteiger charge is -2.28. The maximum atomic E-state index is 14.6. The van der Waals surface area contributed by atoms with Gasteiger partial charge in [0, 0.05) is 41.6 Å². The lowest BCUT2D eigenvalue weighted by atomic mass is 9.84. The van der Waals surface area contributed by atoms with Crippen molar-refractivity contribution in [3.05, 3.63) is 77.2 Å². The van der Waals surface area contributed by atoms with Gasteiger partial charge >= 0.3 is 5.97 Å². The Morgan fingerprint density at radius 1 is 1.00 bits per heavy atom. The number of methoxy groups -OCH3 is 2. The Kier molecular flexibility index (Phi) is 6.44. The summed E-state index contributed by atoms with van der Waals surface area (Å²) in [6.07, 6.45) is 0. The Bertz CT molecular complexity index is 1490. The van der Waals surface area contributed by atoms with Crippen LogP contribution in [-0.2, 0) is 10.2 Å². The summed E-state index contributed by atoms with van der Waals surface area (Å²) in [7, 11) is 2.84. The molecule has 0 bridgehead atoms. The smallest absolute Gasteiger partial charge is 0.339 e. The highest BCUT2D eigenvalue weighted by Crippen LogP contribution is 2.47. The number of hydrogen-bond donors (Lipinski definition) is 2. The van der Waals surface area contributed by atoms with Gasteiger partial charge in [0.15, 0.2) is 11.6 Å². The van der Waals surface area contributed by atoms with Crippen molar-refractivity contribution < 1.29 is 37.7 Å². The van der Waals surface area contributed by atoms with Crippen molar-refractivity contribution in [2.24, 2.45) is 0 Å². The Morgan fingerprint density at radius 3 is 2.33 bits per heavy atom. The minimum absolute atomic E-state index is 0.0708. The fraction of sp³-hybridized carbons (Fsp3) is 0.222. The number of benzene rings is 3. The van der Waals surface area contributed by atoms with Crippen molar-refractivity contribution in [1.82, 2.24) is 4.57 Å². The molecule has 0 spiro atoms. The molecule has 0 saturated heterocycles. The van der Waals surface area contributed by atoms with Crippen LogP contribution in [0.3, 0.4) is 0 Å². The largest absolute Gasteiger partial charge is 0.507 e. The first kappa shape index (κ1) is 25.1. The van der Waals surface area contributed by atoms with Crippen LogP contribution in [0.5, 0.6) is 11.5 Å². The molecule has 0 saturated carbocycles. The Morgan fingerprint density at radius 2 is 1.72 bits per heavy atom. The van der Waals surface area contributed by atoms with E-state index >= 15 is 0 Å². The van der Waals surface area contributed by atoms with E-state index < -0.39 is 28.8 Å². The summed E-state index contributed by atoms with van der Waals surface area (Å²) in [5.74, 6) is -4.37. The molecular weight excluding hydrogens is 475 g/mol. The average molecular weight is 499 g/mol. The summed E-state index contributed by atoms with van der Waals surface area (Å²) in [5.41, 5.74) is 0.913. The van der Waals surface area contributed by atoms with Gasteiger partial charge in [0.25, 0.3) is 0 Å². The molecule has 0 amide bonds. The van der Waals surface area contributed by atoms with Gasteiger partial charge in [-0.15, -0.1) is 0 Å². The van der Waals surface area contributed by atoms with Crippen molar-refractivity contribution in [2.45, 2.75) is 19.3 Å². The second-order valence-electron chi connectivity index (χ2n) is 9.01. The van der Waals surface area contributed by atoms with Crippen LogP contribution in [0.1, 0.15) is 29.9 Å². The lowest BCUT2D eigenvalue weighted by molar-refractivity contribution is 0.0693. The first-order valence-electron chi connectivity index (χ1n) is 10.9. The highest BCUT2D eigenvalue weighted by Gasteiger charge is 2.34. The highest BCUT2D eigenvalue weighted by molar-refractivity contribution is 6.04. The second-order valence-corrected chi connectivity index (χ2v) is 9.01. The number of nitrogens with zero attached hydrogens (tertiary/aromatic N) is 1. The van der Waals surface area contributed by atoms with Gasteiger partial charge in [-0.1, -0.05) is 19.9 Å². The number of carbonyl (C=O) groups is 1. The minimum Gasteiger partial charge on any atom is -0.507 e. The normalized spacial score (nSPS) is 11.8. The number of aromatic carboxylic acids is 1. The molecule has 4 rings (SSSR count). The molecule has 6 nitrogen and oxygen atoms in total. The molecule has 0 radical (unpaired) electrons. The summed E-state index contributed by atoms with van der Waals surface area (Å²) < 4.78 is 55.0. The number of hydrogen-bond acceptors (Lipinski definition) is 4. The predicted molar refractivity (Wildman–Crippen MR) is 129 cm³/mol. The number of aromatic hydroxyl groups is 1. The lowest BCUT2D eigenvalue weighted by Crippen LogP contribution is -2.27. The van der Waals surface area contributed by atoms with Crippen molar-refractivity contribution in [2.75, 3.05) is 20.8 Å². The van der Waals surface area contributed by atoms with E-state index in [1.807, 2.05) is 13.8 Å². The molecule has 0 aliphatic carbocycles. The number of fused-ring (bicyclic) bond motifs is 1. The van der Waals surface area contributed by atoms with E-state index in [0.29, 0.717) is 16.8 Å². The van der Waals surface area contributed by atoms with Gasteiger partial charge in [-0.3, -0.25) is 0 Å². The van der Waals surface area contributed by atoms with E-state index in [-0.39, 0.29) is 40.3 Å². The molecule has 4 aromatic rings. The fourth-order valence-corrected chi connectivity index (χ4v) is 4.63. The van der Waals surface area contributed by atoms with E-state index in [0.717, 1.165) is 18.2 Å². The van der Waals surface area contributed by atoms with E-state index in [2.05, 4.69) is 0 Å². The van der Waals surface area contributed by atoms with Crippen LogP contribution >= 0.6 is 0 Å². The number of ether oxygens (including phenoxy) is 2. The number of carboxylic acids is 1. The zero-order valence-electron chi connectivity index (χ0n) is 20.0. The summed E-state index contributed by atoms with van der Waals surface area (Å²) in [6.45, 7) is 3.87. The van der Waals surface area contributed by atoms with Gasteiger partial charge in [-0.2, -0.15) is 0 Å². The third-order valence-electron chi connectivity index (χ3n) is 6.04. The first-order valence-corrected chi connectivity index (χ1v) is 10.9. The maximum absolute atomic E-state index is 14.6. The van der Waals surface area contributed by atoms with Gasteiger partial charge in [0.1, 0.15) is 22.9 Å². The molecule has 1 aromatic heterocycles. The Balaban J connectivity index is 2.22. The molecule has 9 heteroatoms. The molecule has 0 aliphatic heterocycles. The van der Waals surface area contributed by atoms with Gasteiger partial charge < -0.3 is 24.3 Å². The third-order valence-corrected chi connectivity index (χ3v) is 6.04. The second kappa shape index (κ2) is 9.23.